The molecule has 30 heavy (non-hydrogen) atoms. The molecule has 0 aromatic carbocycles. The van der Waals surface area contributed by atoms with Crippen molar-refractivity contribution in [2.75, 3.05) is 32.7 Å². The van der Waals surface area contributed by atoms with Crippen LogP contribution >= 0.6 is 0 Å². The minimum atomic E-state index is -0.0711. The minimum absolute atomic E-state index is 0.0711. The molecule has 0 saturated carbocycles. The van der Waals surface area contributed by atoms with Crippen molar-refractivity contribution in [3.8, 4) is 11.3 Å². The zero-order valence-corrected chi connectivity index (χ0v) is 17.0. The number of nitrogens with zero attached hydrogens (tertiary/aromatic N) is 6. The van der Waals surface area contributed by atoms with Gasteiger partial charge in [-0.1, -0.05) is 0 Å². The Hall–Kier alpha value is -2.84. The first-order chi connectivity index (χ1) is 14.7. The summed E-state index contributed by atoms with van der Waals surface area (Å²) in [5.74, 6) is 1.95. The van der Waals surface area contributed by atoms with Gasteiger partial charge in [0.25, 0.3) is 5.56 Å². The molecule has 1 aliphatic carbocycles. The van der Waals surface area contributed by atoms with Crippen LogP contribution in [0.15, 0.2) is 45.9 Å². The van der Waals surface area contributed by atoms with Crippen LogP contribution in [0.25, 0.3) is 11.3 Å². The SMILES string of the molecule is O=c1ccc(-c2cccnc2)nn1CCN1CCN(Cc2nc3c(o2)CCC3)CC1. The second-order valence-corrected chi connectivity index (χ2v) is 7.97. The second kappa shape index (κ2) is 8.49. The van der Waals surface area contributed by atoms with E-state index in [1.54, 1.807) is 29.2 Å². The van der Waals surface area contributed by atoms with Gasteiger partial charge in [-0.15, -0.1) is 0 Å². The predicted octanol–water partition coefficient (Wildman–Crippen LogP) is 1.60. The number of piperazine rings is 1. The third kappa shape index (κ3) is 4.20. The molecule has 2 aliphatic rings. The van der Waals surface area contributed by atoms with Crippen LogP contribution in [0.3, 0.4) is 0 Å². The summed E-state index contributed by atoms with van der Waals surface area (Å²) in [5, 5.41) is 4.53. The zero-order chi connectivity index (χ0) is 20.3. The maximum Gasteiger partial charge on any atom is 0.266 e. The summed E-state index contributed by atoms with van der Waals surface area (Å²) < 4.78 is 7.46. The lowest BCUT2D eigenvalue weighted by Gasteiger charge is -2.33. The summed E-state index contributed by atoms with van der Waals surface area (Å²) >= 11 is 0. The van der Waals surface area contributed by atoms with Gasteiger partial charge in [-0.3, -0.25) is 19.6 Å². The average molecular weight is 406 g/mol. The molecule has 8 heteroatoms. The highest BCUT2D eigenvalue weighted by atomic mass is 16.4. The molecule has 156 valence electrons. The summed E-state index contributed by atoms with van der Waals surface area (Å²) in [6.45, 7) is 6.07. The second-order valence-electron chi connectivity index (χ2n) is 7.97. The van der Waals surface area contributed by atoms with Crippen molar-refractivity contribution in [2.24, 2.45) is 0 Å². The van der Waals surface area contributed by atoms with Crippen LogP contribution in [-0.2, 0) is 25.9 Å². The average Bonchev–Trinajstić information content (AvgIpc) is 3.37. The largest absolute Gasteiger partial charge is 0.444 e. The summed E-state index contributed by atoms with van der Waals surface area (Å²) in [6, 6.07) is 7.16. The molecule has 3 aromatic heterocycles. The van der Waals surface area contributed by atoms with Crippen LogP contribution in [0.4, 0.5) is 0 Å². The van der Waals surface area contributed by atoms with Gasteiger partial charge in [0.1, 0.15) is 5.76 Å². The fraction of sp³-hybridized carbons (Fsp3) is 0.455. The van der Waals surface area contributed by atoms with Crippen LogP contribution in [0, 0.1) is 0 Å². The molecule has 1 aliphatic heterocycles. The Balaban J connectivity index is 1.14. The Morgan fingerprint density at radius 3 is 2.67 bits per heavy atom. The lowest BCUT2D eigenvalue weighted by molar-refractivity contribution is 0.115. The number of rotatable bonds is 6. The van der Waals surface area contributed by atoms with E-state index in [4.69, 9.17) is 4.42 Å². The summed E-state index contributed by atoms with van der Waals surface area (Å²) in [5.41, 5.74) is 2.77. The van der Waals surface area contributed by atoms with Crippen LogP contribution in [0.2, 0.25) is 0 Å². The molecule has 0 amide bonds. The van der Waals surface area contributed by atoms with Crippen LogP contribution in [-0.4, -0.2) is 62.3 Å². The van der Waals surface area contributed by atoms with Gasteiger partial charge in [-0.05, 0) is 31.0 Å². The Kier molecular flexibility index (Phi) is 5.42. The first kappa shape index (κ1) is 19.1. The van der Waals surface area contributed by atoms with Crippen molar-refractivity contribution >= 4 is 0 Å². The Bertz CT molecular complexity index is 1030. The molecule has 0 atom stereocenters. The van der Waals surface area contributed by atoms with E-state index in [2.05, 4.69) is 24.9 Å². The van der Waals surface area contributed by atoms with Gasteiger partial charge in [0.05, 0.1) is 24.5 Å². The number of oxazole rings is 1. The van der Waals surface area contributed by atoms with E-state index in [1.807, 2.05) is 12.1 Å². The van der Waals surface area contributed by atoms with Crippen molar-refractivity contribution in [1.82, 2.24) is 29.5 Å². The first-order valence-corrected chi connectivity index (χ1v) is 10.7. The molecule has 0 N–H and O–H groups in total. The molecule has 5 rings (SSSR count). The Morgan fingerprint density at radius 2 is 1.87 bits per heavy atom. The van der Waals surface area contributed by atoms with E-state index >= 15 is 0 Å². The number of pyridine rings is 1. The molecule has 3 aromatic rings. The van der Waals surface area contributed by atoms with Gasteiger partial charge in [0.2, 0.25) is 5.89 Å². The van der Waals surface area contributed by atoms with Gasteiger partial charge in [0.15, 0.2) is 0 Å². The molecule has 1 fully saturated rings. The number of fused-ring (bicyclic) bond motifs is 1. The molecule has 0 radical (unpaired) electrons. The van der Waals surface area contributed by atoms with Gasteiger partial charge >= 0.3 is 0 Å². The van der Waals surface area contributed by atoms with E-state index in [-0.39, 0.29) is 5.56 Å². The van der Waals surface area contributed by atoms with Crippen LogP contribution < -0.4 is 5.56 Å². The fourth-order valence-electron chi connectivity index (χ4n) is 4.19. The normalized spacial score (nSPS) is 17.3. The van der Waals surface area contributed by atoms with Crippen molar-refractivity contribution in [3.63, 3.8) is 0 Å². The highest BCUT2D eigenvalue weighted by molar-refractivity contribution is 5.56. The molecule has 1 saturated heterocycles. The van der Waals surface area contributed by atoms with E-state index in [9.17, 15) is 4.79 Å². The van der Waals surface area contributed by atoms with E-state index < -0.39 is 0 Å². The maximum absolute atomic E-state index is 12.2. The van der Waals surface area contributed by atoms with Gasteiger partial charge in [-0.2, -0.15) is 5.10 Å². The van der Waals surface area contributed by atoms with Crippen molar-refractivity contribution in [1.29, 1.82) is 0 Å². The lowest BCUT2D eigenvalue weighted by Crippen LogP contribution is -2.47. The van der Waals surface area contributed by atoms with E-state index in [0.717, 1.165) is 80.7 Å². The topological polar surface area (TPSA) is 80.3 Å². The number of aryl methyl sites for hydroxylation is 2. The van der Waals surface area contributed by atoms with Crippen LogP contribution in [0.5, 0.6) is 0 Å². The zero-order valence-electron chi connectivity index (χ0n) is 17.0. The van der Waals surface area contributed by atoms with Crippen molar-refractivity contribution in [3.05, 3.63) is 64.4 Å². The van der Waals surface area contributed by atoms with Gasteiger partial charge < -0.3 is 4.42 Å². The minimum Gasteiger partial charge on any atom is -0.444 e. The third-order valence-electron chi connectivity index (χ3n) is 5.92. The standard InChI is InChI=1S/C22H26N6O2/c29-22-7-6-18(17-3-2-8-23-15-17)25-28(22)14-13-26-9-11-27(12-10-26)16-21-24-19-4-1-5-20(19)30-21/h2-3,6-8,15H,1,4-5,9-14,16H2. The van der Waals surface area contributed by atoms with Crippen LogP contribution in [0.1, 0.15) is 23.8 Å². The molecule has 4 heterocycles. The third-order valence-corrected chi connectivity index (χ3v) is 5.92. The molecule has 0 spiro atoms. The highest BCUT2D eigenvalue weighted by Crippen LogP contribution is 2.23. The molecule has 0 unspecified atom stereocenters. The molecule has 0 bridgehead atoms. The number of aromatic nitrogens is 4. The van der Waals surface area contributed by atoms with Gasteiger partial charge in [0, 0.05) is 63.2 Å². The molecule has 8 nitrogen and oxygen atoms in total. The van der Waals surface area contributed by atoms with Crippen molar-refractivity contribution < 1.29 is 4.42 Å². The van der Waals surface area contributed by atoms with E-state index in [1.165, 1.54) is 6.42 Å². The number of hydrogen-bond donors (Lipinski definition) is 0. The Labute approximate surface area is 175 Å². The summed E-state index contributed by atoms with van der Waals surface area (Å²) in [7, 11) is 0. The monoisotopic (exact) mass is 406 g/mol. The molecular weight excluding hydrogens is 380 g/mol. The highest BCUT2D eigenvalue weighted by Gasteiger charge is 2.22. The smallest absolute Gasteiger partial charge is 0.266 e. The summed E-state index contributed by atoms with van der Waals surface area (Å²) in [4.78, 5) is 25.8. The summed E-state index contributed by atoms with van der Waals surface area (Å²) in [6.07, 6.45) is 6.75. The maximum atomic E-state index is 12.2. The first-order valence-electron chi connectivity index (χ1n) is 10.7. The predicted molar refractivity (Wildman–Crippen MR) is 112 cm³/mol. The molecular formula is C22H26N6O2. The lowest BCUT2D eigenvalue weighted by atomic mass is 10.2. The van der Waals surface area contributed by atoms with Gasteiger partial charge in [-0.25, -0.2) is 9.67 Å². The Morgan fingerprint density at radius 1 is 1.00 bits per heavy atom. The number of hydrogen-bond acceptors (Lipinski definition) is 7. The fourth-order valence-corrected chi connectivity index (χ4v) is 4.19. The van der Waals surface area contributed by atoms with E-state index in [0.29, 0.717) is 6.54 Å². The van der Waals surface area contributed by atoms with Crippen molar-refractivity contribution in [2.45, 2.75) is 32.4 Å². The quantitative estimate of drug-likeness (QED) is 0.615.